The van der Waals surface area contributed by atoms with Gasteiger partial charge in [-0.25, -0.2) is 9.59 Å². The fraction of sp³-hybridized carbons (Fsp3) is 0.571. The number of benzene rings is 2. The third kappa shape index (κ3) is 15.7. The van der Waals surface area contributed by atoms with Gasteiger partial charge < -0.3 is 24.3 Å². The van der Waals surface area contributed by atoms with Crippen molar-refractivity contribution in [2.24, 2.45) is 5.92 Å². The van der Waals surface area contributed by atoms with E-state index in [4.69, 9.17) is 23.1 Å². The van der Waals surface area contributed by atoms with Crippen molar-refractivity contribution in [2.45, 2.75) is 116 Å². The number of nitrogens with one attached hydrogen (secondary N) is 1. The lowest BCUT2D eigenvalue weighted by atomic mass is 9.92. The standard InChI is InChI=1S/C35H51NO10S/c1-24-11-18-28(19-12-24)47(40,41)43-22-21-42-27-16-13-25(14-17-27)23-26(30(37)44-33(2,3)4)15-20-29(31(38)45-34(5,6)7)36-32(39)46-35(8,9)10/h11-14,16-19,26,29H,15,20-23H2,1-10H3,(H,36,39)/t26-,29-/m0/s1. The number of rotatable bonds is 14. The predicted molar refractivity (Wildman–Crippen MR) is 178 cm³/mol. The lowest BCUT2D eigenvalue weighted by Gasteiger charge is -2.28. The average Bonchev–Trinajstić information content (AvgIpc) is 2.90. The second-order valence-electron chi connectivity index (χ2n) is 14.3. The van der Waals surface area contributed by atoms with E-state index in [0.29, 0.717) is 12.2 Å². The van der Waals surface area contributed by atoms with Gasteiger partial charge in [-0.3, -0.25) is 8.98 Å². The lowest BCUT2D eigenvalue weighted by Crippen LogP contribution is -2.46. The minimum absolute atomic E-state index is 0.00166. The van der Waals surface area contributed by atoms with Crippen LogP contribution in [0, 0.1) is 12.8 Å². The molecule has 0 aliphatic carbocycles. The van der Waals surface area contributed by atoms with Crippen molar-refractivity contribution in [2.75, 3.05) is 13.2 Å². The zero-order valence-electron chi connectivity index (χ0n) is 29.3. The largest absolute Gasteiger partial charge is 0.491 e. The highest BCUT2D eigenvalue weighted by Gasteiger charge is 2.32. The predicted octanol–water partition coefficient (Wildman–Crippen LogP) is 6.29. The van der Waals surface area contributed by atoms with E-state index >= 15 is 0 Å². The number of ether oxygens (including phenoxy) is 4. The number of carbonyl (C=O) groups excluding carboxylic acids is 3. The van der Waals surface area contributed by atoms with Gasteiger partial charge in [-0.15, -0.1) is 0 Å². The molecule has 2 atom stereocenters. The number of carbonyl (C=O) groups is 3. The van der Waals surface area contributed by atoms with Gasteiger partial charge in [0.05, 0.1) is 10.8 Å². The monoisotopic (exact) mass is 677 g/mol. The molecule has 0 saturated heterocycles. The first-order valence-electron chi connectivity index (χ1n) is 15.7. The molecule has 2 aromatic carbocycles. The van der Waals surface area contributed by atoms with Gasteiger partial charge >= 0.3 is 18.0 Å². The van der Waals surface area contributed by atoms with Gasteiger partial charge in [-0.1, -0.05) is 29.8 Å². The maximum absolute atomic E-state index is 13.3. The molecule has 47 heavy (non-hydrogen) atoms. The normalized spacial score (nSPS) is 13.7. The van der Waals surface area contributed by atoms with Crippen molar-refractivity contribution in [3.8, 4) is 5.75 Å². The molecule has 0 unspecified atom stereocenters. The van der Waals surface area contributed by atoms with E-state index in [1.807, 2.05) is 6.92 Å². The minimum Gasteiger partial charge on any atom is -0.491 e. The summed E-state index contributed by atoms with van der Waals surface area (Å²) >= 11 is 0. The molecular formula is C35H51NO10S. The van der Waals surface area contributed by atoms with E-state index in [0.717, 1.165) is 11.1 Å². The van der Waals surface area contributed by atoms with Crippen molar-refractivity contribution >= 4 is 28.1 Å². The van der Waals surface area contributed by atoms with Crippen LogP contribution in [0.2, 0.25) is 0 Å². The number of amides is 1. The summed E-state index contributed by atoms with van der Waals surface area (Å²) in [6.45, 7) is 17.4. The summed E-state index contributed by atoms with van der Waals surface area (Å²) in [4.78, 5) is 39.0. The highest BCUT2D eigenvalue weighted by Crippen LogP contribution is 2.24. The molecule has 0 aliphatic rings. The Kier molecular flexibility index (Phi) is 13.8. The number of esters is 2. The summed E-state index contributed by atoms with van der Waals surface area (Å²) in [5.74, 6) is -1.23. The quantitative estimate of drug-likeness (QED) is 0.105. The first-order valence-corrected chi connectivity index (χ1v) is 17.1. The van der Waals surface area contributed by atoms with Gasteiger partial charge in [0.1, 0.15) is 41.8 Å². The van der Waals surface area contributed by atoms with Crippen LogP contribution in [0.1, 0.15) is 86.3 Å². The van der Waals surface area contributed by atoms with Gasteiger partial charge in [0.2, 0.25) is 0 Å². The summed E-state index contributed by atoms with van der Waals surface area (Å²) in [7, 11) is -3.90. The molecule has 0 spiro atoms. The molecule has 2 aromatic rings. The fourth-order valence-electron chi connectivity index (χ4n) is 4.21. The van der Waals surface area contributed by atoms with Gasteiger partial charge in [-0.2, -0.15) is 8.42 Å². The third-order valence-electron chi connectivity index (χ3n) is 6.23. The average molecular weight is 678 g/mol. The Morgan fingerprint density at radius 1 is 0.702 bits per heavy atom. The Balaban J connectivity index is 2.09. The number of aryl methyl sites for hydroxylation is 1. The maximum Gasteiger partial charge on any atom is 0.408 e. The van der Waals surface area contributed by atoms with Crippen molar-refractivity contribution in [1.29, 1.82) is 0 Å². The zero-order valence-corrected chi connectivity index (χ0v) is 30.1. The topological polar surface area (TPSA) is 144 Å². The van der Waals surface area contributed by atoms with E-state index < -0.39 is 56.9 Å². The molecule has 12 heteroatoms. The molecule has 0 heterocycles. The maximum atomic E-state index is 13.3. The van der Waals surface area contributed by atoms with Crippen LogP contribution in [0.3, 0.4) is 0 Å². The van der Waals surface area contributed by atoms with Gasteiger partial charge in [0.15, 0.2) is 0 Å². The van der Waals surface area contributed by atoms with Crippen LogP contribution in [-0.4, -0.2) is 62.5 Å². The molecule has 0 saturated carbocycles. The summed E-state index contributed by atoms with van der Waals surface area (Å²) < 4.78 is 52.1. The summed E-state index contributed by atoms with van der Waals surface area (Å²) in [5.41, 5.74) is -0.556. The SMILES string of the molecule is Cc1ccc(S(=O)(=O)OCCOc2ccc(C[C@H](CC[C@H](NC(=O)OC(C)(C)C)C(=O)OC(C)(C)C)C(=O)OC(C)(C)C)cc2)cc1. The molecule has 1 amide bonds. The van der Waals surface area contributed by atoms with Crippen molar-refractivity contribution in [1.82, 2.24) is 5.32 Å². The van der Waals surface area contributed by atoms with E-state index in [2.05, 4.69) is 5.32 Å². The van der Waals surface area contributed by atoms with Crippen LogP contribution in [-0.2, 0) is 44.5 Å². The summed E-state index contributed by atoms with van der Waals surface area (Å²) in [6.07, 6.45) is -0.165. The summed E-state index contributed by atoms with van der Waals surface area (Å²) in [5, 5.41) is 2.60. The molecule has 2 rings (SSSR count). The lowest BCUT2D eigenvalue weighted by molar-refractivity contribution is -0.162. The van der Waals surface area contributed by atoms with Gasteiger partial charge in [-0.05, 0) is 118 Å². The molecule has 11 nitrogen and oxygen atoms in total. The van der Waals surface area contributed by atoms with Crippen LogP contribution in [0.15, 0.2) is 53.4 Å². The molecule has 0 bridgehead atoms. The van der Waals surface area contributed by atoms with Crippen LogP contribution < -0.4 is 10.1 Å². The van der Waals surface area contributed by atoms with Crippen LogP contribution >= 0.6 is 0 Å². The van der Waals surface area contributed by atoms with Crippen LogP contribution in [0.5, 0.6) is 5.75 Å². The Labute approximate surface area is 279 Å². The van der Waals surface area contributed by atoms with Crippen molar-refractivity contribution in [3.05, 3.63) is 59.7 Å². The highest BCUT2D eigenvalue weighted by molar-refractivity contribution is 7.86. The molecule has 0 aromatic heterocycles. The molecule has 0 radical (unpaired) electrons. The second kappa shape index (κ2) is 16.5. The molecule has 0 aliphatic heterocycles. The Morgan fingerprint density at radius 2 is 1.23 bits per heavy atom. The van der Waals surface area contributed by atoms with E-state index in [1.165, 1.54) is 12.1 Å². The Bertz CT molecular complexity index is 1430. The fourth-order valence-corrected chi connectivity index (χ4v) is 5.10. The highest BCUT2D eigenvalue weighted by atomic mass is 32.2. The number of hydrogen-bond donors (Lipinski definition) is 1. The van der Waals surface area contributed by atoms with Crippen molar-refractivity contribution in [3.63, 3.8) is 0 Å². The van der Waals surface area contributed by atoms with Crippen molar-refractivity contribution < 1.29 is 45.9 Å². The first kappa shape index (κ1) is 39.5. The summed E-state index contributed by atoms with van der Waals surface area (Å²) in [6, 6.07) is 12.3. The molecule has 262 valence electrons. The van der Waals surface area contributed by atoms with E-state index in [1.54, 1.807) is 98.7 Å². The molecule has 0 fully saturated rings. The van der Waals surface area contributed by atoms with Crippen LogP contribution in [0.25, 0.3) is 0 Å². The smallest absolute Gasteiger partial charge is 0.408 e. The first-order chi connectivity index (χ1) is 21.5. The molecular weight excluding hydrogens is 626 g/mol. The minimum atomic E-state index is -3.90. The van der Waals surface area contributed by atoms with Crippen LogP contribution in [0.4, 0.5) is 4.79 Å². The third-order valence-corrected chi connectivity index (χ3v) is 7.56. The van der Waals surface area contributed by atoms with E-state index in [-0.39, 0.29) is 31.0 Å². The van der Waals surface area contributed by atoms with Gasteiger partial charge in [0.25, 0.3) is 10.1 Å². The van der Waals surface area contributed by atoms with Gasteiger partial charge in [0, 0.05) is 0 Å². The number of hydrogen-bond acceptors (Lipinski definition) is 10. The number of alkyl carbamates (subject to hydrolysis) is 1. The van der Waals surface area contributed by atoms with E-state index in [9.17, 15) is 22.8 Å². The Morgan fingerprint density at radius 3 is 1.77 bits per heavy atom. The Hall–Kier alpha value is -3.64. The zero-order chi connectivity index (χ0) is 35.6. The molecule has 1 N–H and O–H groups in total. The second-order valence-corrected chi connectivity index (χ2v) is 15.9.